The maximum absolute atomic E-state index is 13.8. The Bertz CT molecular complexity index is 1650. The molecule has 34 heavy (non-hydrogen) atoms. The number of benzene rings is 3. The van der Waals surface area contributed by atoms with Gasteiger partial charge in [0.1, 0.15) is 11.2 Å². The van der Waals surface area contributed by atoms with Gasteiger partial charge in [-0.15, -0.1) is 0 Å². The minimum absolute atomic E-state index is 0.0859. The summed E-state index contributed by atoms with van der Waals surface area (Å²) in [4.78, 5) is 18.4. The highest BCUT2D eigenvalue weighted by Crippen LogP contribution is 2.36. The van der Waals surface area contributed by atoms with Crippen molar-refractivity contribution < 1.29 is 0 Å². The lowest BCUT2D eigenvalue weighted by atomic mass is 9.84. The minimum atomic E-state index is -0.220. The molecule has 164 valence electrons. The Morgan fingerprint density at radius 1 is 0.824 bits per heavy atom. The Hall–Kier alpha value is -4.22. The number of hydrogen-bond donors (Lipinski definition) is 1. The van der Waals surface area contributed by atoms with Crippen LogP contribution < -0.4 is 5.56 Å². The van der Waals surface area contributed by atoms with E-state index in [1.54, 1.807) is 23.0 Å². The molecular formula is C28H19ClN4O. The van der Waals surface area contributed by atoms with E-state index in [4.69, 9.17) is 11.6 Å². The number of fused-ring (bicyclic) bond motifs is 3. The van der Waals surface area contributed by atoms with Gasteiger partial charge in [0.2, 0.25) is 0 Å². The normalized spacial score (nSPS) is 11.5. The Morgan fingerprint density at radius 3 is 2.18 bits per heavy atom. The first-order valence-electron chi connectivity index (χ1n) is 11.0. The average Bonchev–Trinajstić information content (AvgIpc) is 3.37. The van der Waals surface area contributed by atoms with Crippen LogP contribution in [-0.2, 0) is 0 Å². The van der Waals surface area contributed by atoms with E-state index >= 15 is 0 Å². The first-order chi connectivity index (χ1) is 16.7. The highest BCUT2D eigenvalue weighted by Gasteiger charge is 2.23. The smallest absolute Gasteiger partial charge is 0.272 e. The quantitative estimate of drug-likeness (QED) is 0.322. The second-order valence-electron chi connectivity index (χ2n) is 8.10. The number of aromatic nitrogens is 4. The van der Waals surface area contributed by atoms with Gasteiger partial charge in [0, 0.05) is 22.9 Å². The van der Waals surface area contributed by atoms with Crippen molar-refractivity contribution in [1.82, 2.24) is 19.7 Å². The predicted octanol–water partition coefficient (Wildman–Crippen LogP) is 6.10. The van der Waals surface area contributed by atoms with E-state index in [2.05, 4.69) is 45.5 Å². The maximum atomic E-state index is 13.8. The van der Waals surface area contributed by atoms with Gasteiger partial charge in [-0.05, 0) is 28.8 Å². The van der Waals surface area contributed by atoms with Crippen molar-refractivity contribution in [3.63, 3.8) is 0 Å². The van der Waals surface area contributed by atoms with Crippen molar-refractivity contribution >= 4 is 33.5 Å². The zero-order chi connectivity index (χ0) is 23.1. The number of halogens is 1. The number of aromatic amines is 1. The van der Waals surface area contributed by atoms with E-state index in [-0.39, 0.29) is 11.5 Å². The van der Waals surface area contributed by atoms with Gasteiger partial charge in [0.15, 0.2) is 0 Å². The molecule has 0 aliphatic carbocycles. The molecule has 5 nitrogen and oxygen atoms in total. The van der Waals surface area contributed by atoms with E-state index in [0.29, 0.717) is 27.0 Å². The largest absolute Gasteiger partial charge is 0.282 e. The lowest BCUT2D eigenvalue weighted by Crippen LogP contribution is -2.22. The molecule has 0 unspecified atom stereocenters. The van der Waals surface area contributed by atoms with E-state index in [1.807, 2.05) is 54.6 Å². The number of rotatable bonds is 4. The van der Waals surface area contributed by atoms with Crippen LogP contribution in [0.4, 0.5) is 0 Å². The van der Waals surface area contributed by atoms with Crippen LogP contribution in [0.3, 0.4) is 0 Å². The summed E-state index contributed by atoms with van der Waals surface area (Å²) in [6.45, 7) is 0. The summed E-state index contributed by atoms with van der Waals surface area (Å²) in [5.74, 6) is -0.0859. The summed E-state index contributed by atoms with van der Waals surface area (Å²) in [6, 6.07) is 30.3. The minimum Gasteiger partial charge on any atom is -0.272 e. The zero-order valence-electron chi connectivity index (χ0n) is 18.0. The van der Waals surface area contributed by atoms with Gasteiger partial charge in [-0.25, -0.2) is 4.98 Å². The molecule has 0 atom stereocenters. The van der Waals surface area contributed by atoms with Gasteiger partial charge < -0.3 is 0 Å². The SMILES string of the molecule is O=c1c2[nH]ncc2c2c(Cl)ccnc2n1-c1ccccc1C(c1ccccc1)c1ccccc1. The number of nitrogens with one attached hydrogen (secondary N) is 1. The van der Waals surface area contributed by atoms with Crippen LogP contribution >= 0.6 is 11.6 Å². The second kappa shape index (κ2) is 8.28. The molecule has 3 aromatic carbocycles. The molecule has 0 bridgehead atoms. The van der Waals surface area contributed by atoms with Gasteiger partial charge in [-0.3, -0.25) is 14.5 Å². The lowest BCUT2D eigenvalue weighted by molar-refractivity contribution is 0.925. The van der Waals surface area contributed by atoms with E-state index in [0.717, 1.165) is 22.4 Å². The molecule has 3 heterocycles. The number of pyridine rings is 2. The molecular weight excluding hydrogens is 444 g/mol. The fourth-order valence-electron chi connectivity index (χ4n) is 4.69. The number of H-pyrrole nitrogens is 1. The number of hydrogen-bond acceptors (Lipinski definition) is 3. The molecule has 1 N–H and O–H groups in total. The number of nitrogens with zero attached hydrogens (tertiary/aromatic N) is 3. The molecule has 0 aliphatic heterocycles. The van der Waals surface area contributed by atoms with Crippen molar-refractivity contribution in [2.24, 2.45) is 0 Å². The van der Waals surface area contributed by atoms with Crippen LogP contribution in [0.1, 0.15) is 22.6 Å². The summed E-state index contributed by atoms with van der Waals surface area (Å²) in [6.07, 6.45) is 3.25. The molecule has 6 rings (SSSR count). The van der Waals surface area contributed by atoms with Gasteiger partial charge in [0.05, 0.1) is 16.9 Å². The summed E-state index contributed by atoms with van der Waals surface area (Å²) < 4.78 is 1.65. The summed E-state index contributed by atoms with van der Waals surface area (Å²) in [7, 11) is 0. The Kier molecular flexibility index (Phi) is 4.97. The van der Waals surface area contributed by atoms with E-state index in [9.17, 15) is 4.79 Å². The highest BCUT2D eigenvalue weighted by atomic mass is 35.5. The van der Waals surface area contributed by atoms with Gasteiger partial charge in [-0.1, -0.05) is 90.5 Å². The first-order valence-corrected chi connectivity index (χ1v) is 11.3. The highest BCUT2D eigenvalue weighted by molar-refractivity contribution is 6.37. The van der Waals surface area contributed by atoms with Gasteiger partial charge in [0.25, 0.3) is 5.56 Å². The molecule has 0 fully saturated rings. The summed E-state index contributed by atoms with van der Waals surface area (Å²) in [5.41, 5.74) is 4.68. The first kappa shape index (κ1) is 20.4. The monoisotopic (exact) mass is 462 g/mol. The van der Waals surface area contributed by atoms with Crippen molar-refractivity contribution in [2.45, 2.75) is 5.92 Å². The van der Waals surface area contributed by atoms with Crippen LogP contribution in [-0.4, -0.2) is 19.7 Å². The van der Waals surface area contributed by atoms with Crippen LogP contribution in [0.15, 0.2) is 108 Å². The third-order valence-electron chi connectivity index (χ3n) is 6.17. The molecule has 6 aromatic rings. The molecule has 0 spiro atoms. The van der Waals surface area contributed by atoms with E-state index < -0.39 is 0 Å². The van der Waals surface area contributed by atoms with E-state index in [1.165, 1.54) is 0 Å². The average molecular weight is 463 g/mol. The second-order valence-corrected chi connectivity index (χ2v) is 8.51. The molecule has 3 aromatic heterocycles. The lowest BCUT2D eigenvalue weighted by Gasteiger charge is -2.23. The standard InChI is InChI=1S/C28H19ClN4O/c29-22-15-16-30-27-25(22)21-17-31-32-26(21)28(34)33(27)23-14-8-7-13-20(23)24(18-9-3-1-4-10-18)19-11-5-2-6-12-19/h1-17,24H,(H,31,32). The van der Waals surface area contributed by atoms with Crippen molar-refractivity contribution in [1.29, 1.82) is 0 Å². The van der Waals surface area contributed by atoms with Crippen LogP contribution in [0.5, 0.6) is 0 Å². The van der Waals surface area contributed by atoms with Crippen molar-refractivity contribution in [2.75, 3.05) is 0 Å². The van der Waals surface area contributed by atoms with Crippen LogP contribution in [0.2, 0.25) is 5.02 Å². The molecule has 6 heteroatoms. The Morgan fingerprint density at radius 2 is 1.47 bits per heavy atom. The Balaban J connectivity index is 1.72. The van der Waals surface area contributed by atoms with Crippen molar-refractivity contribution in [3.8, 4) is 5.69 Å². The molecule has 0 saturated heterocycles. The molecule has 0 amide bonds. The summed E-state index contributed by atoms with van der Waals surface area (Å²) in [5, 5.41) is 8.85. The third-order valence-corrected chi connectivity index (χ3v) is 6.49. The van der Waals surface area contributed by atoms with Crippen molar-refractivity contribution in [3.05, 3.63) is 135 Å². The van der Waals surface area contributed by atoms with Crippen LogP contribution in [0, 0.1) is 0 Å². The fourth-order valence-corrected chi connectivity index (χ4v) is 4.94. The molecule has 0 aliphatic rings. The molecule has 0 radical (unpaired) electrons. The fraction of sp³-hybridized carbons (Fsp3) is 0.0357. The predicted molar refractivity (Wildman–Crippen MR) is 136 cm³/mol. The Labute approximate surface area is 200 Å². The number of para-hydroxylation sites is 1. The topological polar surface area (TPSA) is 63.6 Å². The summed E-state index contributed by atoms with van der Waals surface area (Å²) >= 11 is 6.60. The van der Waals surface area contributed by atoms with Gasteiger partial charge >= 0.3 is 0 Å². The molecule has 0 saturated carbocycles. The third kappa shape index (κ3) is 3.21. The van der Waals surface area contributed by atoms with Crippen LogP contribution in [0.25, 0.3) is 27.6 Å². The zero-order valence-corrected chi connectivity index (χ0v) is 18.8. The van der Waals surface area contributed by atoms with Gasteiger partial charge in [-0.2, -0.15) is 5.10 Å². The maximum Gasteiger partial charge on any atom is 0.282 e.